The number of hydrogen-bond acceptors (Lipinski definition) is 3. The van der Waals surface area contributed by atoms with E-state index in [9.17, 15) is 14.7 Å². The standard InChI is InChI=1S/C16H27NO4/c1-6-7-8-9-13(18)17-12(10-11(2)3)14(15(19)20)21-16(17,4)5/h10,12,14H,6-9H2,1-5H3,(H,19,20)/t12-,14+/m0/s1. The van der Waals surface area contributed by atoms with Gasteiger partial charge >= 0.3 is 5.97 Å². The number of carbonyl (C=O) groups is 2. The van der Waals surface area contributed by atoms with Crippen molar-refractivity contribution in [2.75, 3.05) is 0 Å². The molecule has 21 heavy (non-hydrogen) atoms. The maximum Gasteiger partial charge on any atom is 0.335 e. The molecule has 0 unspecified atom stereocenters. The largest absolute Gasteiger partial charge is 0.479 e. The van der Waals surface area contributed by atoms with E-state index in [4.69, 9.17) is 4.74 Å². The summed E-state index contributed by atoms with van der Waals surface area (Å²) in [6, 6.07) is -0.545. The van der Waals surface area contributed by atoms with Crippen molar-refractivity contribution in [2.45, 2.75) is 78.2 Å². The molecule has 0 aromatic carbocycles. The van der Waals surface area contributed by atoms with Gasteiger partial charge in [0.1, 0.15) is 5.72 Å². The van der Waals surface area contributed by atoms with E-state index in [2.05, 4.69) is 6.92 Å². The molecule has 5 heteroatoms. The number of ether oxygens (including phenoxy) is 1. The fraction of sp³-hybridized carbons (Fsp3) is 0.750. The van der Waals surface area contributed by atoms with Gasteiger partial charge in [0.25, 0.3) is 0 Å². The van der Waals surface area contributed by atoms with Crippen molar-refractivity contribution < 1.29 is 19.4 Å². The summed E-state index contributed by atoms with van der Waals surface area (Å²) in [7, 11) is 0. The summed E-state index contributed by atoms with van der Waals surface area (Å²) in [5.74, 6) is -1.07. The van der Waals surface area contributed by atoms with E-state index in [0.717, 1.165) is 24.8 Å². The number of rotatable bonds is 6. The Labute approximate surface area is 127 Å². The zero-order chi connectivity index (χ0) is 16.2. The zero-order valence-corrected chi connectivity index (χ0v) is 13.7. The summed E-state index contributed by atoms with van der Waals surface area (Å²) in [6.07, 6.45) is 4.09. The molecule has 1 fully saturated rings. The van der Waals surface area contributed by atoms with Crippen LogP contribution in [0, 0.1) is 0 Å². The summed E-state index contributed by atoms with van der Waals surface area (Å²) in [6.45, 7) is 9.37. The topological polar surface area (TPSA) is 66.8 Å². The molecule has 0 aromatic heterocycles. The second kappa shape index (κ2) is 7.07. The molecule has 0 saturated carbocycles. The number of carboxylic acids is 1. The molecule has 2 atom stereocenters. The Hall–Kier alpha value is -1.36. The summed E-state index contributed by atoms with van der Waals surface area (Å²) in [5, 5.41) is 9.35. The zero-order valence-electron chi connectivity index (χ0n) is 13.7. The van der Waals surface area contributed by atoms with Crippen LogP contribution >= 0.6 is 0 Å². The van der Waals surface area contributed by atoms with Crippen LogP contribution in [-0.2, 0) is 14.3 Å². The molecule has 1 amide bonds. The van der Waals surface area contributed by atoms with Crippen LogP contribution in [0.25, 0.3) is 0 Å². The average Bonchev–Trinajstić information content (AvgIpc) is 2.60. The minimum atomic E-state index is -1.03. The molecule has 1 N–H and O–H groups in total. The van der Waals surface area contributed by atoms with Crippen molar-refractivity contribution in [3.63, 3.8) is 0 Å². The molecule has 0 aromatic rings. The first-order valence-electron chi connectivity index (χ1n) is 7.58. The van der Waals surface area contributed by atoms with Gasteiger partial charge < -0.3 is 14.7 Å². The van der Waals surface area contributed by atoms with Crippen LogP contribution in [0.5, 0.6) is 0 Å². The fourth-order valence-electron chi connectivity index (χ4n) is 2.74. The van der Waals surface area contributed by atoms with Gasteiger partial charge in [-0.25, -0.2) is 4.79 Å². The Kier molecular flexibility index (Phi) is 5.96. The lowest BCUT2D eigenvalue weighted by atomic mass is 10.0. The Morgan fingerprint density at radius 1 is 1.29 bits per heavy atom. The number of nitrogens with zero attached hydrogens (tertiary/aromatic N) is 1. The molecule has 1 rings (SSSR count). The number of allylic oxidation sites excluding steroid dienone is 1. The maximum atomic E-state index is 12.5. The normalized spacial score (nSPS) is 24.0. The van der Waals surface area contributed by atoms with Crippen molar-refractivity contribution in [3.05, 3.63) is 11.6 Å². The number of carbonyl (C=O) groups excluding carboxylic acids is 1. The lowest BCUT2D eigenvalue weighted by Gasteiger charge is -2.32. The van der Waals surface area contributed by atoms with Gasteiger partial charge in [0, 0.05) is 6.42 Å². The third-order valence-corrected chi connectivity index (χ3v) is 3.61. The highest BCUT2D eigenvalue weighted by Crippen LogP contribution is 2.34. The SMILES string of the molecule is CCCCCC(=O)N1[C@@H](C=C(C)C)[C@H](C(=O)O)OC1(C)C. The lowest BCUT2D eigenvalue weighted by Crippen LogP contribution is -2.48. The smallest absolute Gasteiger partial charge is 0.335 e. The average molecular weight is 297 g/mol. The van der Waals surface area contributed by atoms with Crippen LogP contribution in [-0.4, -0.2) is 39.8 Å². The summed E-state index contributed by atoms with van der Waals surface area (Å²) < 4.78 is 5.62. The van der Waals surface area contributed by atoms with Crippen molar-refractivity contribution in [3.8, 4) is 0 Å². The predicted octanol–water partition coefficient (Wildman–Crippen LogP) is 2.95. The Morgan fingerprint density at radius 2 is 1.90 bits per heavy atom. The molecule has 0 bridgehead atoms. The van der Waals surface area contributed by atoms with E-state index in [-0.39, 0.29) is 5.91 Å². The Morgan fingerprint density at radius 3 is 2.38 bits per heavy atom. The van der Waals surface area contributed by atoms with Gasteiger partial charge in [0.2, 0.25) is 5.91 Å². The quantitative estimate of drug-likeness (QED) is 0.604. The maximum absolute atomic E-state index is 12.5. The molecule has 5 nitrogen and oxygen atoms in total. The van der Waals surface area contributed by atoms with Gasteiger partial charge in [0.15, 0.2) is 6.10 Å². The Balaban J connectivity index is 3.02. The summed E-state index contributed by atoms with van der Waals surface area (Å²) in [5.41, 5.74) is 0.0714. The number of carboxylic acid groups (broad SMARTS) is 1. The van der Waals surface area contributed by atoms with Gasteiger partial charge in [-0.15, -0.1) is 0 Å². The van der Waals surface area contributed by atoms with Crippen LogP contribution in [0.3, 0.4) is 0 Å². The molecule has 0 radical (unpaired) electrons. The van der Waals surface area contributed by atoms with E-state index in [1.54, 1.807) is 18.7 Å². The Bertz CT molecular complexity index is 424. The predicted molar refractivity (Wildman–Crippen MR) is 80.8 cm³/mol. The minimum absolute atomic E-state index is 0.0419. The third-order valence-electron chi connectivity index (χ3n) is 3.61. The summed E-state index contributed by atoms with van der Waals surface area (Å²) in [4.78, 5) is 25.5. The van der Waals surface area contributed by atoms with E-state index >= 15 is 0 Å². The van der Waals surface area contributed by atoms with Crippen LogP contribution in [0.2, 0.25) is 0 Å². The van der Waals surface area contributed by atoms with Crippen molar-refractivity contribution in [2.24, 2.45) is 0 Å². The van der Waals surface area contributed by atoms with Crippen molar-refractivity contribution in [1.29, 1.82) is 0 Å². The molecular weight excluding hydrogens is 270 g/mol. The van der Waals surface area contributed by atoms with Gasteiger partial charge in [0.05, 0.1) is 6.04 Å². The second-order valence-electron chi connectivity index (χ2n) is 6.28. The highest BCUT2D eigenvalue weighted by atomic mass is 16.6. The lowest BCUT2D eigenvalue weighted by molar-refractivity contribution is -0.159. The molecule has 0 aliphatic carbocycles. The van der Waals surface area contributed by atoms with E-state index in [1.165, 1.54) is 0 Å². The molecule has 1 saturated heterocycles. The van der Waals surface area contributed by atoms with Crippen LogP contribution in [0.4, 0.5) is 0 Å². The molecule has 120 valence electrons. The summed E-state index contributed by atoms with van der Waals surface area (Å²) >= 11 is 0. The van der Waals surface area contributed by atoms with Crippen LogP contribution in [0.15, 0.2) is 11.6 Å². The van der Waals surface area contributed by atoms with Crippen LogP contribution < -0.4 is 0 Å². The third kappa shape index (κ3) is 4.30. The number of amides is 1. The second-order valence-corrected chi connectivity index (χ2v) is 6.28. The molecule has 0 spiro atoms. The number of unbranched alkanes of at least 4 members (excludes halogenated alkanes) is 2. The highest BCUT2D eigenvalue weighted by Gasteiger charge is 2.51. The highest BCUT2D eigenvalue weighted by molar-refractivity contribution is 5.81. The van der Waals surface area contributed by atoms with Crippen molar-refractivity contribution in [1.82, 2.24) is 4.90 Å². The first kappa shape index (κ1) is 17.7. The van der Waals surface area contributed by atoms with Gasteiger partial charge in [-0.1, -0.05) is 31.4 Å². The van der Waals surface area contributed by atoms with E-state index in [1.807, 2.05) is 19.9 Å². The van der Waals surface area contributed by atoms with Crippen molar-refractivity contribution >= 4 is 11.9 Å². The fourth-order valence-corrected chi connectivity index (χ4v) is 2.74. The number of aliphatic carboxylic acids is 1. The van der Waals surface area contributed by atoms with Gasteiger partial charge in [-0.2, -0.15) is 0 Å². The first-order chi connectivity index (χ1) is 9.70. The van der Waals surface area contributed by atoms with E-state index in [0.29, 0.717) is 6.42 Å². The molecule has 1 aliphatic heterocycles. The van der Waals surface area contributed by atoms with E-state index < -0.39 is 23.8 Å². The van der Waals surface area contributed by atoms with Gasteiger partial charge in [-0.3, -0.25) is 4.79 Å². The molecule has 1 aliphatic rings. The molecular formula is C16H27NO4. The van der Waals surface area contributed by atoms with Gasteiger partial charge in [-0.05, 0) is 34.1 Å². The minimum Gasteiger partial charge on any atom is -0.479 e. The monoisotopic (exact) mass is 297 g/mol. The van der Waals surface area contributed by atoms with Crippen LogP contribution in [0.1, 0.15) is 60.3 Å². The molecule has 1 heterocycles. The number of hydrogen-bond donors (Lipinski definition) is 1. The first-order valence-corrected chi connectivity index (χ1v) is 7.58.